The van der Waals surface area contributed by atoms with Gasteiger partial charge in [0.05, 0.1) is 0 Å². The molecule has 1 aliphatic heterocycles. The van der Waals surface area contributed by atoms with Crippen molar-refractivity contribution in [2.75, 3.05) is 38.0 Å². The Morgan fingerprint density at radius 1 is 0.586 bits per heavy atom. The largest absolute Gasteiger partial charge is 0.378 e. The first-order valence-corrected chi connectivity index (χ1v) is 13.2. The van der Waals surface area contributed by atoms with Crippen LogP contribution in [0, 0.1) is 0 Å². The van der Waals surface area contributed by atoms with Crippen LogP contribution in [0.3, 0.4) is 0 Å². The van der Waals surface area contributed by atoms with E-state index in [1.807, 2.05) is 0 Å². The fourth-order valence-electron chi connectivity index (χ4n) is 4.49. The van der Waals surface area contributed by atoms with Crippen molar-refractivity contribution in [3.05, 3.63) is 89.5 Å². The maximum absolute atomic E-state index is 2.49. The molecule has 3 aromatic rings. The van der Waals surface area contributed by atoms with Crippen LogP contribution in [-0.4, -0.2) is 36.3 Å². The second-order valence-corrected chi connectivity index (χ2v) is 13.1. The van der Waals surface area contributed by atoms with Crippen LogP contribution < -0.4 is 15.0 Å². The maximum Gasteiger partial charge on any atom is 0.114 e. The van der Waals surface area contributed by atoms with Gasteiger partial charge in [0.1, 0.15) is 8.07 Å². The Balaban J connectivity index is 1.95. The van der Waals surface area contributed by atoms with E-state index in [2.05, 4.69) is 124 Å². The Hall–Kier alpha value is -2.78. The molecule has 0 saturated carbocycles. The second kappa shape index (κ2) is 7.23. The van der Waals surface area contributed by atoms with Crippen LogP contribution in [0.2, 0.25) is 13.1 Å². The molecule has 0 saturated heterocycles. The summed E-state index contributed by atoms with van der Waals surface area (Å²) in [4.78, 5) is 4.31. The Morgan fingerprint density at radius 2 is 1.07 bits per heavy atom. The highest BCUT2D eigenvalue weighted by Gasteiger charge is 2.40. The number of rotatable bonds is 4. The van der Waals surface area contributed by atoms with E-state index in [1.165, 1.54) is 33.6 Å². The SMILES string of the molecule is CN(C)c1ccc(C2=C(c3ccc(N(C)C)cc3)[Si](C)(C)c3ccccc32)cc1. The van der Waals surface area contributed by atoms with E-state index in [4.69, 9.17) is 0 Å². The van der Waals surface area contributed by atoms with Crippen LogP contribution in [0.25, 0.3) is 10.8 Å². The van der Waals surface area contributed by atoms with Crippen LogP contribution in [0.15, 0.2) is 72.8 Å². The highest BCUT2D eigenvalue weighted by molar-refractivity contribution is 7.08. The summed E-state index contributed by atoms with van der Waals surface area (Å²) >= 11 is 0. The molecule has 3 aromatic carbocycles. The second-order valence-electron chi connectivity index (χ2n) is 8.80. The first-order chi connectivity index (χ1) is 13.8. The molecule has 0 aromatic heterocycles. The summed E-state index contributed by atoms with van der Waals surface area (Å²) in [7, 11) is 6.57. The number of benzene rings is 3. The smallest absolute Gasteiger partial charge is 0.114 e. The average molecular weight is 399 g/mol. The van der Waals surface area contributed by atoms with Crippen molar-refractivity contribution < 1.29 is 0 Å². The number of nitrogens with zero attached hydrogens (tertiary/aromatic N) is 2. The van der Waals surface area contributed by atoms with Gasteiger partial charge in [-0.05, 0) is 56.9 Å². The van der Waals surface area contributed by atoms with E-state index in [-0.39, 0.29) is 0 Å². The third-order valence-corrected chi connectivity index (χ3v) is 9.66. The molecular weight excluding hydrogens is 368 g/mol. The molecule has 3 heteroatoms. The minimum Gasteiger partial charge on any atom is -0.378 e. The summed E-state index contributed by atoms with van der Waals surface area (Å²) in [6.07, 6.45) is 0. The minimum atomic E-state index is -1.80. The van der Waals surface area contributed by atoms with Crippen molar-refractivity contribution in [2.45, 2.75) is 13.1 Å². The molecule has 1 heterocycles. The first kappa shape index (κ1) is 19.5. The van der Waals surface area contributed by atoms with Gasteiger partial charge in [-0.25, -0.2) is 0 Å². The Morgan fingerprint density at radius 3 is 1.59 bits per heavy atom. The standard InChI is InChI=1S/C26H30N2Si/c1-27(2)21-15-11-19(12-16-21)25-23-9-7-8-10-24(23)29(5,6)26(25)20-13-17-22(18-14-20)28(3)4/h7-18H,1-6H3. The Kier molecular flexibility index (Phi) is 4.87. The molecular formula is C26H30N2Si. The summed E-state index contributed by atoms with van der Waals surface area (Å²) in [5.74, 6) is 0. The van der Waals surface area contributed by atoms with E-state index in [1.54, 1.807) is 10.4 Å². The van der Waals surface area contributed by atoms with Crippen molar-refractivity contribution in [3.8, 4) is 0 Å². The Labute approximate surface area is 176 Å². The van der Waals surface area contributed by atoms with Crippen molar-refractivity contribution >= 4 is 35.4 Å². The molecule has 148 valence electrons. The van der Waals surface area contributed by atoms with Gasteiger partial charge in [-0.3, -0.25) is 0 Å². The highest BCUT2D eigenvalue weighted by atomic mass is 28.3. The molecule has 1 aliphatic rings. The van der Waals surface area contributed by atoms with Gasteiger partial charge in [-0.2, -0.15) is 0 Å². The molecule has 0 unspecified atom stereocenters. The zero-order valence-corrected chi connectivity index (χ0v) is 19.3. The molecule has 4 rings (SSSR count). The van der Waals surface area contributed by atoms with Gasteiger partial charge in [0.25, 0.3) is 0 Å². The topological polar surface area (TPSA) is 6.48 Å². The van der Waals surface area contributed by atoms with Crippen LogP contribution in [0.5, 0.6) is 0 Å². The molecule has 0 amide bonds. The highest BCUT2D eigenvalue weighted by Crippen LogP contribution is 2.43. The average Bonchev–Trinajstić information content (AvgIpc) is 2.95. The predicted octanol–water partition coefficient (Wildman–Crippen LogP) is 5.25. The summed E-state index contributed by atoms with van der Waals surface area (Å²) in [5.41, 5.74) is 7.96. The molecule has 2 nitrogen and oxygen atoms in total. The van der Waals surface area contributed by atoms with E-state index in [0.29, 0.717) is 0 Å². The van der Waals surface area contributed by atoms with Crippen molar-refractivity contribution in [3.63, 3.8) is 0 Å². The fraction of sp³-hybridized carbons (Fsp3) is 0.231. The molecule has 0 bridgehead atoms. The van der Waals surface area contributed by atoms with Crippen molar-refractivity contribution in [1.82, 2.24) is 0 Å². The first-order valence-electron chi connectivity index (χ1n) is 10.2. The molecule has 0 fully saturated rings. The number of hydrogen-bond acceptors (Lipinski definition) is 2. The van der Waals surface area contributed by atoms with Crippen molar-refractivity contribution in [1.29, 1.82) is 0 Å². The van der Waals surface area contributed by atoms with Crippen LogP contribution in [-0.2, 0) is 0 Å². The lowest BCUT2D eigenvalue weighted by molar-refractivity contribution is 1.13. The molecule has 0 spiro atoms. The number of anilines is 2. The molecule has 0 radical (unpaired) electrons. The molecule has 29 heavy (non-hydrogen) atoms. The minimum absolute atomic E-state index is 1.23. The lowest BCUT2D eigenvalue weighted by atomic mass is 9.95. The normalized spacial score (nSPS) is 14.7. The number of hydrogen-bond donors (Lipinski definition) is 0. The summed E-state index contributed by atoms with van der Waals surface area (Å²) in [6.45, 7) is 4.98. The van der Waals surface area contributed by atoms with Gasteiger partial charge < -0.3 is 9.80 Å². The van der Waals surface area contributed by atoms with Gasteiger partial charge in [-0.15, -0.1) is 0 Å². The predicted molar refractivity (Wildman–Crippen MR) is 131 cm³/mol. The lowest BCUT2D eigenvalue weighted by Crippen LogP contribution is -2.40. The van der Waals surface area contributed by atoms with Gasteiger partial charge >= 0.3 is 0 Å². The summed E-state index contributed by atoms with van der Waals surface area (Å²) < 4.78 is 0. The molecule has 0 N–H and O–H groups in total. The van der Waals surface area contributed by atoms with E-state index in [9.17, 15) is 0 Å². The molecule has 0 aliphatic carbocycles. The lowest BCUT2D eigenvalue weighted by Gasteiger charge is -2.24. The monoisotopic (exact) mass is 398 g/mol. The maximum atomic E-state index is 2.49. The van der Waals surface area contributed by atoms with Gasteiger partial charge in [0.15, 0.2) is 0 Å². The quantitative estimate of drug-likeness (QED) is 0.554. The van der Waals surface area contributed by atoms with Crippen LogP contribution >= 0.6 is 0 Å². The van der Waals surface area contributed by atoms with Crippen LogP contribution in [0.1, 0.15) is 16.7 Å². The third-order valence-electron chi connectivity index (χ3n) is 6.09. The van der Waals surface area contributed by atoms with Gasteiger partial charge in [0.2, 0.25) is 0 Å². The van der Waals surface area contributed by atoms with Gasteiger partial charge in [-0.1, -0.05) is 61.6 Å². The molecule has 0 atom stereocenters. The fourth-order valence-corrected chi connectivity index (χ4v) is 7.94. The van der Waals surface area contributed by atoms with E-state index < -0.39 is 8.07 Å². The zero-order valence-electron chi connectivity index (χ0n) is 18.3. The Bertz CT molecular complexity index is 1060. The van der Waals surface area contributed by atoms with E-state index >= 15 is 0 Å². The zero-order chi connectivity index (χ0) is 20.8. The number of fused-ring (bicyclic) bond motifs is 1. The third kappa shape index (κ3) is 3.30. The summed E-state index contributed by atoms with van der Waals surface area (Å²) in [6, 6.07) is 27.1. The van der Waals surface area contributed by atoms with Crippen LogP contribution in [0.4, 0.5) is 11.4 Å². The van der Waals surface area contributed by atoms with Gasteiger partial charge in [0, 0.05) is 39.6 Å². The summed E-state index contributed by atoms with van der Waals surface area (Å²) in [5, 5.41) is 3.08. The van der Waals surface area contributed by atoms with Crippen molar-refractivity contribution in [2.24, 2.45) is 0 Å². The van der Waals surface area contributed by atoms with E-state index in [0.717, 1.165) is 0 Å².